The summed E-state index contributed by atoms with van der Waals surface area (Å²) in [6.07, 6.45) is 1.68. The summed E-state index contributed by atoms with van der Waals surface area (Å²) in [6.45, 7) is 0. The third kappa shape index (κ3) is 5.69. The van der Waals surface area contributed by atoms with Crippen LogP contribution in [-0.4, -0.2) is 54.2 Å². The van der Waals surface area contributed by atoms with Gasteiger partial charge < -0.3 is 24.3 Å². The molecule has 166 valence electrons. The lowest BCUT2D eigenvalue weighted by Crippen LogP contribution is -2.43. The van der Waals surface area contributed by atoms with Gasteiger partial charge >= 0.3 is 12.0 Å². The number of nitrogens with zero attached hydrogens (tertiary/aromatic N) is 3. The molecule has 1 N–H and O–H groups in total. The zero-order valence-corrected chi connectivity index (χ0v) is 17.8. The molecular weight excluding hydrogens is 416 g/mol. The van der Waals surface area contributed by atoms with Gasteiger partial charge in [-0.3, -0.25) is 4.79 Å². The summed E-state index contributed by atoms with van der Waals surface area (Å²) in [6, 6.07) is 12.8. The molecule has 10 heteroatoms. The van der Waals surface area contributed by atoms with Crippen LogP contribution in [-0.2, 0) is 16.0 Å². The fourth-order valence-electron chi connectivity index (χ4n) is 2.79. The van der Waals surface area contributed by atoms with Crippen molar-refractivity contribution in [3.8, 4) is 23.5 Å². The number of hydrogen-bond acceptors (Lipinski definition) is 9. The van der Waals surface area contributed by atoms with Crippen molar-refractivity contribution in [1.82, 2.24) is 20.3 Å². The Morgan fingerprint density at radius 3 is 2.28 bits per heavy atom. The molecule has 0 saturated carbocycles. The van der Waals surface area contributed by atoms with Crippen LogP contribution in [0.25, 0.3) is 0 Å². The minimum Gasteiger partial charge on any atom is -0.481 e. The Balaban J connectivity index is 1.83. The molecule has 1 atom stereocenters. The number of methoxy groups -OCH3 is 3. The summed E-state index contributed by atoms with van der Waals surface area (Å²) in [7, 11) is 4.14. The van der Waals surface area contributed by atoms with E-state index in [2.05, 4.69) is 20.3 Å². The number of carbonyl (C=O) groups excluding carboxylic acids is 2. The summed E-state index contributed by atoms with van der Waals surface area (Å²) >= 11 is 0. The van der Waals surface area contributed by atoms with Crippen LogP contribution in [0.3, 0.4) is 0 Å². The van der Waals surface area contributed by atoms with E-state index in [0.29, 0.717) is 0 Å². The zero-order chi connectivity index (χ0) is 22.9. The Morgan fingerprint density at radius 1 is 0.969 bits per heavy atom. The molecule has 0 radical (unpaired) electrons. The summed E-state index contributed by atoms with van der Waals surface area (Å²) in [4.78, 5) is 37.5. The molecule has 2 aromatic heterocycles. The summed E-state index contributed by atoms with van der Waals surface area (Å²) in [5, 5.41) is 2.66. The number of ether oxygens (including phenoxy) is 4. The van der Waals surface area contributed by atoms with E-state index in [0.717, 1.165) is 5.56 Å². The second-order valence-corrected chi connectivity index (χ2v) is 6.43. The molecule has 1 amide bonds. The smallest absolute Gasteiger partial charge is 0.328 e. The largest absolute Gasteiger partial charge is 0.481 e. The molecule has 0 bridgehead atoms. The first-order valence-electron chi connectivity index (χ1n) is 9.56. The number of nitrogens with one attached hydrogen (secondary N) is 1. The van der Waals surface area contributed by atoms with Gasteiger partial charge in [0.25, 0.3) is 5.91 Å². The second-order valence-electron chi connectivity index (χ2n) is 6.43. The molecule has 2 heterocycles. The molecule has 0 aliphatic rings. The predicted molar refractivity (Wildman–Crippen MR) is 113 cm³/mol. The Bertz CT molecular complexity index is 1050. The lowest BCUT2D eigenvalue weighted by atomic mass is 10.1. The SMILES string of the molecule is COC(=O)[C@H](Cc1ccccc1)NC(=O)c1ncccc1Oc1nc(OC)cc(OC)n1. The Labute approximate surface area is 184 Å². The van der Waals surface area contributed by atoms with E-state index >= 15 is 0 Å². The highest BCUT2D eigenvalue weighted by Gasteiger charge is 2.25. The van der Waals surface area contributed by atoms with Gasteiger partial charge in [-0.15, -0.1) is 0 Å². The van der Waals surface area contributed by atoms with Crippen molar-refractivity contribution in [2.75, 3.05) is 21.3 Å². The van der Waals surface area contributed by atoms with E-state index in [1.54, 1.807) is 6.07 Å². The van der Waals surface area contributed by atoms with Crippen molar-refractivity contribution in [3.63, 3.8) is 0 Å². The number of benzene rings is 1. The van der Waals surface area contributed by atoms with Crippen LogP contribution in [0.1, 0.15) is 16.1 Å². The fourth-order valence-corrected chi connectivity index (χ4v) is 2.79. The van der Waals surface area contributed by atoms with Gasteiger partial charge in [0.05, 0.1) is 27.4 Å². The third-order valence-electron chi connectivity index (χ3n) is 4.34. The topological polar surface area (TPSA) is 122 Å². The molecule has 0 aliphatic heterocycles. The molecule has 1 aromatic carbocycles. The Hall–Kier alpha value is -4.21. The van der Waals surface area contributed by atoms with Crippen molar-refractivity contribution < 1.29 is 28.5 Å². The summed E-state index contributed by atoms with van der Waals surface area (Å²) in [5.74, 6) is -0.683. The number of amides is 1. The van der Waals surface area contributed by atoms with Crippen LogP contribution in [0.4, 0.5) is 0 Å². The minimum absolute atomic E-state index is 0.0557. The Morgan fingerprint density at radius 2 is 1.66 bits per heavy atom. The van der Waals surface area contributed by atoms with Gasteiger partial charge in [0.1, 0.15) is 6.04 Å². The van der Waals surface area contributed by atoms with Crippen LogP contribution < -0.4 is 19.5 Å². The van der Waals surface area contributed by atoms with Crippen molar-refractivity contribution in [1.29, 1.82) is 0 Å². The fraction of sp³-hybridized carbons (Fsp3) is 0.227. The summed E-state index contributed by atoms with van der Waals surface area (Å²) < 4.78 is 20.7. The van der Waals surface area contributed by atoms with Gasteiger partial charge in [-0.2, -0.15) is 9.97 Å². The summed E-state index contributed by atoms with van der Waals surface area (Å²) in [5.41, 5.74) is 0.803. The first-order valence-corrected chi connectivity index (χ1v) is 9.56. The van der Waals surface area contributed by atoms with Gasteiger partial charge in [-0.1, -0.05) is 30.3 Å². The van der Waals surface area contributed by atoms with Gasteiger partial charge in [-0.25, -0.2) is 9.78 Å². The van der Waals surface area contributed by atoms with E-state index in [-0.39, 0.29) is 35.6 Å². The molecule has 0 saturated heterocycles. The molecular formula is C22H22N4O6. The molecule has 3 rings (SSSR count). The van der Waals surface area contributed by atoms with E-state index in [1.807, 2.05) is 30.3 Å². The highest BCUT2D eigenvalue weighted by molar-refractivity contribution is 5.97. The number of carbonyl (C=O) groups is 2. The van der Waals surface area contributed by atoms with Gasteiger partial charge in [0.2, 0.25) is 11.8 Å². The normalized spacial score (nSPS) is 11.2. The molecule has 0 spiro atoms. The zero-order valence-electron chi connectivity index (χ0n) is 17.8. The van der Waals surface area contributed by atoms with Crippen molar-refractivity contribution in [2.24, 2.45) is 0 Å². The molecule has 0 aliphatic carbocycles. The highest BCUT2D eigenvalue weighted by Crippen LogP contribution is 2.25. The van der Waals surface area contributed by atoms with Crippen LogP contribution in [0.15, 0.2) is 54.7 Å². The molecule has 3 aromatic rings. The number of rotatable bonds is 9. The van der Waals surface area contributed by atoms with Crippen molar-refractivity contribution in [2.45, 2.75) is 12.5 Å². The number of pyridine rings is 1. The van der Waals surface area contributed by atoms with E-state index in [4.69, 9.17) is 18.9 Å². The molecule has 10 nitrogen and oxygen atoms in total. The quantitative estimate of drug-likeness (QED) is 0.501. The van der Waals surface area contributed by atoms with Gasteiger partial charge in [-0.05, 0) is 17.7 Å². The van der Waals surface area contributed by atoms with Gasteiger partial charge in [0.15, 0.2) is 11.4 Å². The van der Waals surface area contributed by atoms with Gasteiger partial charge in [0, 0.05) is 12.6 Å². The predicted octanol–water partition coefficient (Wildman–Crippen LogP) is 2.20. The van der Waals surface area contributed by atoms with E-state index < -0.39 is 17.9 Å². The number of aromatic nitrogens is 3. The maximum atomic E-state index is 13.0. The first-order chi connectivity index (χ1) is 15.5. The number of esters is 1. The average molecular weight is 438 g/mol. The van der Waals surface area contributed by atoms with Crippen LogP contribution in [0.2, 0.25) is 0 Å². The van der Waals surface area contributed by atoms with Crippen molar-refractivity contribution >= 4 is 11.9 Å². The standard InChI is InChI=1S/C22H22N4O6/c1-29-17-13-18(30-2)26-22(25-17)32-16-10-7-11-23-19(16)20(27)24-15(21(28)31-3)12-14-8-5-4-6-9-14/h4-11,13,15H,12H2,1-3H3,(H,24,27)/t15-/m0/s1. The van der Waals surface area contributed by atoms with Crippen LogP contribution >= 0.6 is 0 Å². The molecule has 0 fully saturated rings. The second kappa shape index (κ2) is 10.7. The Kier molecular flexibility index (Phi) is 7.52. The average Bonchev–Trinajstić information content (AvgIpc) is 2.83. The maximum absolute atomic E-state index is 13.0. The van der Waals surface area contributed by atoms with Crippen LogP contribution in [0.5, 0.6) is 23.5 Å². The first kappa shape index (κ1) is 22.5. The van der Waals surface area contributed by atoms with E-state index in [9.17, 15) is 9.59 Å². The highest BCUT2D eigenvalue weighted by atomic mass is 16.5. The third-order valence-corrected chi connectivity index (χ3v) is 4.34. The lowest BCUT2D eigenvalue weighted by Gasteiger charge is -2.17. The lowest BCUT2D eigenvalue weighted by molar-refractivity contribution is -0.142. The minimum atomic E-state index is -0.919. The molecule has 32 heavy (non-hydrogen) atoms. The van der Waals surface area contributed by atoms with E-state index in [1.165, 1.54) is 39.7 Å². The molecule has 0 unspecified atom stereocenters. The number of hydrogen-bond donors (Lipinski definition) is 1. The van der Waals surface area contributed by atoms with Crippen LogP contribution in [0, 0.1) is 0 Å². The monoisotopic (exact) mass is 438 g/mol. The maximum Gasteiger partial charge on any atom is 0.328 e. The van der Waals surface area contributed by atoms with Crippen molar-refractivity contribution in [3.05, 3.63) is 66.0 Å².